The van der Waals surface area contributed by atoms with Crippen molar-refractivity contribution in [3.8, 4) is 6.01 Å². The normalized spacial score (nSPS) is 10.3. The van der Waals surface area contributed by atoms with Crippen molar-refractivity contribution in [3.63, 3.8) is 0 Å². The molecule has 0 aliphatic heterocycles. The van der Waals surface area contributed by atoms with Gasteiger partial charge in [0.05, 0.1) is 30.6 Å². The van der Waals surface area contributed by atoms with E-state index in [4.69, 9.17) is 16.3 Å². The number of rotatable bonds is 4. The highest BCUT2D eigenvalue weighted by molar-refractivity contribution is 7.09. The maximum atomic E-state index is 5.96. The van der Waals surface area contributed by atoms with Gasteiger partial charge in [0.25, 0.3) is 0 Å². The Morgan fingerprint density at radius 1 is 1.47 bits per heavy atom. The molecule has 0 bridgehead atoms. The van der Waals surface area contributed by atoms with Crippen molar-refractivity contribution in [3.05, 3.63) is 27.3 Å². The van der Waals surface area contributed by atoms with Gasteiger partial charge in [0.1, 0.15) is 5.02 Å². The van der Waals surface area contributed by atoms with Gasteiger partial charge in [-0.25, -0.2) is 9.97 Å². The van der Waals surface area contributed by atoms with Crippen LogP contribution in [0.2, 0.25) is 5.02 Å². The molecule has 2 aromatic rings. The van der Waals surface area contributed by atoms with Crippen molar-refractivity contribution < 1.29 is 4.74 Å². The van der Waals surface area contributed by atoms with E-state index in [2.05, 4.69) is 20.3 Å². The van der Waals surface area contributed by atoms with Crippen LogP contribution in [0.15, 0.2) is 11.6 Å². The van der Waals surface area contributed by atoms with Crippen molar-refractivity contribution in [2.75, 3.05) is 12.4 Å². The van der Waals surface area contributed by atoms with E-state index in [9.17, 15) is 0 Å². The number of anilines is 1. The van der Waals surface area contributed by atoms with Gasteiger partial charge in [-0.1, -0.05) is 11.6 Å². The fourth-order valence-electron chi connectivity index (χ4n) is 1.24. The van der Waals surface area contributed by atoms with Crippen LogP contribution in [0, 0.1) is 6.92 Å². The molecule has 2 heterocycles. The minimum atomic E-state index is 0.284. The van der Waals surface area contributed by atoms with E-state index in [1.807, 2.05) is 12.3 Å². The molecule has 2 rings (SSSR count). The SMILES string of the molecule is COc1ncc(Cl)c(NCc2csc(C)n2)n1. The van der Waals surface area contributed by atoms with Gasteiger partial charge in [-0.05, 0) is 6.92 Å². The second-order valence-corrected chi connectivity index (χ2v) is 4.73. The Morgan fingerprint density at radius 3 is 2.94 bits per heavy atom. The van der Waals surface area contributed by atoms with Gasteiger partial charge in [-0.3, -0.25) is 0 Å². The molecule has 0 aromatic carbocycles. The number of nitrogens with zero attached hydrogens (tertiary/aromatic N) is 3. The Kier molecular flexibility index (Phi) is 3.75. The maximum Gasteiger partial charge on any atom is 0.318 e. The highest BCUT2D eigenvalue weighted by Gasteiger charge is 2.06. The smallest absolute Gasteiger partial charge is 0.318 e. The highest BCUT2D eigenvalue weighted by Crippen LogP contribution is 2.21. The first kappa shape index (κ1) is 12.1. The zero-order valence-electron chi connectivity index (χ0n) is 9.40. The summed E-state index contributed by atoms with van der Waals surface area (Å²) < 4.78 is 4.93. The van der Waals surface area contributed by atoms with Gasteiger partial charge in [-0.15, -0.1) is 11.3 Å². The summed E-state index contributed by atoms with van der Waals surface area (Å²) in [5.41, 5.74) is 0.959. The monoisotopic (exact) mass is 270 g/mol. The molecule has 0 amide bonds. The number of thiazole rings is 1. The molecule has 90 valence electrons. The van der Waals surface area contributed by atoms with Gasteiger partial charge < -0.3 is 10.1 Å². The van der Waals surface area contributed by atoms with Crippen LogP contribution in [0.5, 0.6) is 6.01 Å². The summed E-state index contributed by atoms with van der Waals surface area (Å²) in [6, 6.07) is 0.284. The molecule has 0 saturated heterocycles. The van der Waals surface area contributed by atoms with Crippen LogP contribution in [0.1, 0.15) is 10.7 Å². The Morgan fingerprint density at radius 2 is 2.29 bits per heavy atom. The number of halogens is 1. The minimum Gasteiger partial charge on any atom is -0.467 e. The van der Waals surface area contributed by atoms with Crippen LogP contribution in [0.4, 0.5) is 5.82 Å². The first-order valence-electron chi connectivity index (χ1n) is 4.90. The molecule has 0 aliphatic carbocycles. The molecule has 0 unspecified atom stereocenters. The predicted molar refractivity (Wildman–Crippen MR) is 67.8 cm³/mol. The van der Waals surface area contributed by atoms with Crippen molar-refractivity contribution in [2.24, 2.45) is 0 Å². The quantitative estimate of drug-likeness (QED) is 0.925. The maximum absolute atomic E-state index is 5.96. The summed E-state index contributed by atoms with van der Waals surface area (Å²) in [7, 11) is 1.51. The zero-order valence-corrected chi connectivity index (χ0v) is 11.0. The molecule has 0 saturated carbocycles. The number of hydrogen-bond donors (Lipinski definition) is 1. The molecule has 2 aromatic heterocycles. The summed E-state index contributed by atoms with van der Waals surface area (Å²) in [5, 5.41) is 6.58. The molecule has 17 heavy (non-hydrogen) atoms. The summed E-state index contributed by atoms with van der Waals surface area (Å²) in [6.07, 6.45) is 1.50. The van der Waals surface area contributed by atoms with Crippen molar-refractivity contribution >= 4 is 28.8 Å². The van der Waals surface area contributed by atoms with Gasteiger partial charge in [0, 0.05) is 5.38 Å². The molecule has 0 atom stereocenters. The van der Waals surface area contributed by atoms with E-state index in [1.165, 1.54) is 13.3 Å². The number of ether oxygens (including phenoxy) is 1. The first-order valence-corrected chi connectivity index (χ1v) is 6.16. The van der Waals surface area contributed by atoms with E-state index in [0.29, 0.717) is 17.4 Å². The third-order valence-electron chi connectivity index (χ3n) is 2.01. The fourth-order valence-corrected chi connectivity index (χ4v) is 2.01. The average Bonchev–Trinajstić information content (AvgIpc) is 2.74. The van der Waals surface area contributed by atoms with Crippen LogP contribution in [0.3, 0.4) is 0 Å². The third kappa shape index (κ3) is 3.04. The predicted octanol–water partition coefficient (Wildman–Crippen LogP) is 2.52. The minimum absolute atomic E-state index is 0.284. The molecule has 0 aliphatic rings. The van der Waals surface area contributed by atoms with E-state index in [1.54, 1.807) is 11.3 Å². The summed E-state index contributed by atoms with van der Waals surface area (Å²) >= 11 is 7.57. The molecule has 0 fully saturated rings. The third-order valence-corrected chi connectivity index (χ3v) is 3.11. The van der Waals surface area contributed by atoms with Crippen LogP contribution >= 0.6 is 22.9 Å². The Labute approximate surface area is 108 Å². The number of hydrogen-bond acceptors (Lipinski definition) is 6. The van der Waals surface area contributed by atoms with Gasteiger partial charge in [0.2, 0.25) is 0 Å². The van der Waals surface area contributed by atoms with E-state index >= 15 is 0 Å². The Balaban J connectivity index is 2.07. The standard InChI is InChI=1S/C10H11ClN4OS/c1-6-14-7(5-17-6)3-12-9-8(11)4-13-10(15-9)16-2/h4-5H,3H2,1-2H3,(H,12,13,15). The second-order valence-electron chi connectivity index (χ2n) is 3.26. The average molecular weight is 271 g/mol. The Hall–Kier alpha value is -1.40. The summed E-state index contributed by atoms with van der Waals surface area (Å²) in [5.74, 6) is 0.546. The fraction of sp³-hybridized carbons (Fsp3) is 0.300. The Bertz CT molecular complexity index is 517. The van der Waals surface area contributed by atoms with E-state index in [-0.39, 0.29) is 6.01 Å². The molecule has 1 N–H and O–H groups in total. The number of aromatic nitrogens is 3. The van der Waals surface area contributed by atoms with E-state index in [0.717, 1.165) is 10.7 Å². The number of nitrogens with one attached hydrogen (secondary N) is 1. The lowest BCUT2D eigenvalue weighted by atomic mass is 10.4. The van der Waals surface area contributed by atoms with Gasteiger partial charge in [-0.2, -0.15) is 4.98 Å². The van der Waals surface area contributed by atoms with Gasteiger partial charge >= 0.3 is 6.01 Å². The lowest BCUT2D eigenvalue weighted by molar-refractivity contribution is 0.380. The second kappa shape index (κ2) is 5.29. The number of methoxy groups -OCH3 is 1. The lowest BCUT2D eigenvalue weighted by Crippen LogP contribution is -2.04. The van der Waals surface area contributed by atoms with Crippen LogP contribution in [-0.4, -0.2) is 22.1 Å². The van der Waals surface area contributed by atoms with Crippen molar-refractivity contribution in [1.29, 1.82) is 0 Å². The first-order chi connectivity index (χ1) is 8.19. The van der Waals surface area contributed by atoms with Crippen LogP contribution in [0.25, 0.3) is 0 Å². The van der Waals surface area contributed by atoms with Crippen molar-refractivity contribution in [2.45, 2.75) is 13.5 Å². The number of aryl methyl sites for hydroxylation is 1. The summed E-state index contributed by atoms with van der Waals surface area (Å²) in [4.78, 5) is 12.3. The topological polar surface area (TPSA) is 59.9 Å². The van der Waals surface area contributed by atoms with Crippen molar-refractivity contribution in [1.82, 2.24) is 15.0 Å². The molecular weight excluding hydrogens is 260 g/mol. The van der Waals surface area contributed by atoms with Gasteiger partial charge in [0.15, 0.2) is 5.82 Å². The van der Waals surface area contributed by atoms with Crippen LogP contribution in [-0.2, 0) is 6.54 Å². The summed E-state index contributed by atoms with van der Waals surface area (Å²) in [6.45, 7) is 2.54. The van der Waals surface area contributed by atoms with E-state index < -0.39 is 0 Å². The molecule has 0 radical (unpaired) electrons. The lowest BCUT2D eigenvalue weighted by Gasteiger charge is -2.06. The molecule has 7 heteroatoms. The molecule has 5 nitrogen and oxygen atoms in total. The molecule has 0 spiro atoms. The highest BCUT2D eigenvalue weighted by atomic mass is 35.5. The largest absolute Gasteiger partial charge is 0.467 e. The zero-order chi connectivity index (χ0) is 12.3. The van der Waals surface area contributed by atoms with Crippen LogP contribution < -0.4 is 10.1 Å². The molecular formula is C10H11ClN4OS.